The standard InChI is InChI=1S/C53H43NO/c1-37-18-24-43(25-19-37)50(44-26-20-38(2)21-27-44)35-40-22-29-46(30-23-40)54(52-33-31-47(55)34-39(52)3)53-32-28-45(48-16-10-11-17-49(48)53)36-51(41-12-6-4-7-13-41)42-14-8-5-9-15-42/h4-36,55H,1-3H3. The minimum absolute atomic E-state index is 0.251. The summed E-state index contributed by atoms with van der Waals surface area (Å²) in [5, 5.41) is 12.7. The van der Waals surface area contributed by atoms with Gasteiger partial charge in [0.25, 0.3) is 0 Å². The molecule has 0 aliphatic heterocycles. The molecule has 1 N–H and O–H groups in total. The summed E-state index contributed by atoms with van der Waals surface area (Å²) in [6.07, 6.45) is 4.59. The number of fused-ring (bicyclic) bond motifs is 1. The van der Waals surface area contributed by atoms with E-state index in [2.05, 4.69) is 208 Å². The Morgan fingerprint density at radius 1 is 0.436 bits per heavy atom. The van der Waals surface area contributed by atoms with Crippen molar-refractivity contribution in [1.82, 2.24) is 0 Å². The Hall–Kier alpha value is -6.90. The molecule has 8 rings (SSSR count). The smallest absolute Gasteiger partial charge is 0.115 e. The van der Waals surface area contributed by atoms with Crippen molar-refractivity contribution < 1.29 is 5.11 Å². The molecule has 0 amide bonds. The van der Waals surface area contributed by atoms with Crippen molar-refractivity contribution in [3.8, 4) is 5.75 Å². The quantitative estimate of drug-likeness (QED) is 0.151. The third kappa shape index (κ3) is 7.62. The van der Waals surface area contributed by atoms with Crippen LogP contribution in [0, 0.1) is 20.8 Å². The van der Waals surface area contributed by atoms with Crippen molar-refractivity contribution in [2.75, 3.05) is 4.90 Å². The van der Waals surface area contributed by atoms with Crippen molar-refractivity contribution in [2.24, 2.45) is 0 Å². The molecule has 0 spiro atoms. The van der Waals surface area contributed by atoms with Gasteiger partial charge in [-0.05, 0) is 125 Å². The average Bonchev–Trinajstić information content (AvgIpc) is 3.22. The van der Waals surface area contributed by atoms with Crippen LogP contribution >= 0.6 is 0 Å². The van der Waals surface area contributed by atoms with E-state index in [4.69, 9.17) is 0 Å². The normalized spacial score (nSPS) is 10.9. The maximum Gasteiger partial charge on any atom is 0.115 e. The largest absolute Gasteiger partial charge is 0.508 e. The van der Waals surface area contributed by atoms with E-state index in [9.17, 15) is 5.11 Å². The predicted octanol–water partition coefficient (Wildman–Crippen LogP) is 14.1. The van der Waals surface area contributed by atoms with Gasteiger partial charge in [-0.3, -0.25) is 0 Å². The van der Waals surface area contributed by atoms with Crippen molar-refractivity contribution in [1.29, 1.82) is 0 Å². The van der Waals surface area contributed by atoms with Gasteiger partial charge in [-0.1, -0.05) is 163 Å². The fourth-order valence-corrected chi connectivity index (χ4v) is 7.34. The predicted molar refractivity (Wildman–Crippen MR) is 234 cm³/mol. The lowest BCUT2D eigenvalue weighted by Gasteiger charge is -2.29. The molecule has 0 aromatic heterocycles. The lowest BCUT2D eigenvalue weighted by Crippen LogP contribution is -2.12. The molecule has 0 atom stereocenters. The molecule has 0 radical (unpaired) electrons. The molecular formula is C53H43NO. The summed E-state index contributed by atoms with van der Waals surface area (Å²) in [5.41, 5.74) is 15.9. The number of hydrogen-bond donors (Lipinski definition) is 1. The van der Waals surface area contributed by atoms with Gasteiger partial charge in [0.2, 0.25) is 0 Å². The van der Waals surface area contributed by atoms with Crippen LogP contribution in [0.5, 0.6) is 5.75 Å². The third-order valence-electron chi connectivity index (χ3n) is 10.3. The fraction of sp³-hybridized carbons (Fsp3) is 0.0566. The van der Waals surface area contributed by atoms with E-state index in [0.717, 1.165) is 44.5 Å². The molecule has 266 valence electrons. The molecule has 0 bridgehead atoms. The molecule has 8 aromatic rings. The second-order valence-electron chi connectivity index (χ2n) is 14.2. The maximum absolute atomic E-state index is 10.4. The molecule has 0 saturated carbocycles. The van der Waals surface area contributed by atoms with Crippen LogP contribution in [0.2, 0.25) is 0 Å². The van der Waals surface area contributed by atoms with E-state index in [1.807, 2.05) is 12.1 Å². The van der Waals surface area contributed by atoms with Crippen LogP contribution in [-0.4, -0.2) is 5.11 Å². The second kappa shape index (κ2) is 15.6. The van der Waals surface area contributed by atoms with Crippen LogP contribution in [0.4, 0.5) is 17.1 Å². The summed E-state index contributed by atoms with van der Waals surface area (Å²) in [4.78, 5) is 2.31. The second-order valence-corrected chi connectivity index (χ2v) is 14.2. The first-order valence-electron chi connectivity index (χ1n) is 18.8. The molecule has 0 fully saturated rings. The van der Waals surface area contributed by atoms with Crippen LogP contribution in [-0.2, 0) is 0 Å². The minimum Gasteiger partial charge on any atom is -0.508 e. The number of rotatable bonds is 9. The summed E-state index contributed by atoms with van der Waals surface area (Å²) < 4.78 is 0. The lowest BCUT2D eigenvalue weighted by molar-refractivity contribution is 0.475. The van der Waals surface area contributed by atoms with Crippen molar-refractivity contribution >= 4 is 51.1 Å². The fourth-order valence-electron chi connectivity index (χ4n) is 7.34. The summed E-state index contributed by atoms with van der Waals surface area (Å²) in [6.45, 7) is 6.30. The van der Waals surface area contributed by atoms with Crippen LogP contribution in [0.15, 0.2) is 188 Å². The van der Waals surface area contributed by atoms with Gasteiger partial charge < -0.3 is 10.0 Å². The number of benzene rings is 8. The highest BCUT2D eigenvalue weighted by atomic mass is 16.3. The lowest BCUT2D eigenvalue weighted by atomic mass is 9.93. The van der Waals surface area contributed by atoms with Gasteiger partial charge in [-0.15, -0.1) is 0 Å². The molecule has 0 aliphatic carbocycles. The van der Waals surface area contributed by atoms with Crippen LogP contribution < -0.4 is 4.90 Å². The molecule has 0 heterocycles. The van der Waals surface area contributed by atoms with E-state index < -0.39 is 0 Å². The Morgan fingerprint density at radius 3 is 1.49 bits per heavy atom. The van der Waals surface area contributed by atoms with Crippen molar-refractivity contribution in [3.63, 3.8) is 0 Å². The minimum atomic E-state index is 0.251. The van der Waals surface area contributed by atoms with Gasteiger partial charge in [0.05, 0.1) is 5.69 Å². The van der Waals surface area contributed by atoms with E-state index >= 15 is 0 Å². The zero-order chi connectivity index (χ0) is 37.7. The number of hydrogen-bond acceptors (Lipinski definition) is 2. The van der Waals surface area contributed by atoms with Crippen molar-refractivity contribution in [2.45, 2.75) is 20.8 Å². The Balaban J connectivity index is 1.26. The van der Waals surface area contributed by atoms with Gasteiger partial charge in [-0.25, -0.2) is 0 Å². The number of aromatic hydroxyl groups is 1. The van der Waals surface area contributed by atoms with Crippen LogP contribution in [0.3, 0.4) is 0 Å². The maximum atomic E-state index is 10.4. The Bertz CT molecular complexity index is 2550. The van der Waals surface area contributed by atoms with Crippen LogP contribution in [0.1, 0.15) is 50.1 Å². The summed E-state index contributed by atoms with van der Waals surface area (Å²) in [6, 6.07) is 66.3. The monoisotopic (exact) mass is 709 g/mol. The van der Waals surface area contributed by atoms with E-state index in [0.29, 0.717) is 0 Å². The Labute approximate surface area is 324 Å². The van der Waals surface area contributed by atoms with Crippen molar-refractivity contribution in [3.05, 3.63) is 238 Å². The van der Waals surface area contributed by atoms with Crippen LogP contribution in [0.25, 0.3) is 34.1 Å². The van der Waals surface area contributed by atoms with Gasteiger partial charge >= 0.3 is 0 Å². The Morgan fingerprint density at radius 2 is 0.927 bits per heavy atom. The molecular weight excluding hydrogens is 667 g/mol. The molecule has 55 heavy (non-hydrogen) atoms. The number of phenols is 1. The number of phenolic OH excluding ortho intramolecular Hbond substituents is 1. The molecule has 0 aliphatic rings. The Kier molecular flexibility index (Phi) is 9.97. The van der Waals surface area contributed by atoms with Gasteiger partial charge in [0, 0.05) is 16.8 Å². The SMILES string of the molecule is Cc1ccc(C(=Cc2ccc(N(c3ccc(O)cc3C)c3ccc(C=C(c4ccccc4)c4ccccc4)c4ccccc34)cc2)c2ccc(C)cc2)cc1. The number of aryl methyl sites for hydroxylation is 3. The van der Waals surface area contributed by atoms with Gasteiger partial charge in [-0.2, -0.15) is 0 Å². The zero-order valence-electron chi connectivity index (χ0n) is 31.4. The molecule has 2 heteroatoms. The summed E-state index contributed by atoms with van der Waals surface area (Å²) in [5.74, 6) is 0.251. The highest BCUT2D eigenvalue weighted by Gasteiger charge is 2.19. The molecule has 2 nitrogen and oxygen atoms in total. The average molecular weight is 710 g/mol. The molecule has 8 aromatic carbocycles. The van der Waals surface area contributed by atoms with Gasteiger partial charge in [0.1, 0.15) is 5.75 Å². The van der Waals surface area contributed by atoms with Gasteiger partial charge in [0.15, 0.2) is 0 Å². The first-order valence-corrected chi connectivity index (χ1v) is 18.8. The number of nitrogens with zero attached hydrogens (tertiary/aromatic N) is 1. The molecule has 0 saturated heterocycles. The van der Waals surface area contributed by atoms with E-state index in [1.165, 1.54) is 44.5 Å². The summed E-state index contributed by atoms with van der Waals surface area (Å²) in [7, 11) is 0. The first-order chi connectivity index (χ1) is 26.9. The zero-order valence-corrected chi connectivity index (χ0v) is 31.4. The first kappa shape index (κ1) is 35.1. The van der Waals surface area contributed by atoms with E-state index in [1.54, 1.807) is 6.07 Å². The third-order valence-corrected chi connectivity index (χ3v) is 10.3. The summed E-state index contributed by atoms with van der Waals surface area (Å²) >= 11 is 0. The molecule has 0 unspecified atom stereocenters. The highest BCUT2D eigenvalue weighted by molar-refractivity contribution is 6.06. The van der Waals surface area contributed by atoms with E-state index in [-0.39, 0.29) is 5.75 Å². The topological polar surface area (TPSA) is 23.5 Å². The number of anilines is 3. The highest BCUT2D eigenvalue weighted by Crippen LogP contribution is 2.43.